The van der Waals surface area contributed by atoms with Crippen molar-refractivity contribution in [2.24, 2.45) is 17.8 Å². The smallest absolute Gasteiger partial charge is 0.259 e. The van der Waals surface area contributed by atoms with Crippen LogP contribution in [0.1, 0.15) is 95.2 Å². The van der Waals surface area contributed by atoms with Gasteiger partial charge in [-0.05, 0) is 104 Å². The highest BCUT2D eigenvalue weighted by molar-refractivity contribution is 7.91. The van der Waals surface area contributed by atoms with Gasteiger partial charge < -0.3 is 25.0 Å². The number of anilines is 1. The van der Waals surface area contributed by atoms with Gasteiger partial charge in [-0.3, -0.25) is 19.1 Å². The van der Waals surface area contributed by atoms with Crippen molar-refractivity contribution >= 4 is 55.5 Å². The molecule has 2 saturated heterocycles. The number of thiazole rings is 1. The van der Waals surface area contributed by atoms with Crippen LogP contribution in [0.2, 0.25) is 0 Å². The summed E-state index contributed by atoms with van der Waals surface area (Å²) in [5.41, 5.74) is 1.97. The molecular formula is C45H54N6O7S2. The number of rotatable bonds is 10. The lowest BCUT2D eigenvalue weighted by Crippen LogP contribution is -2.57. The largest absolute Gasteiger partial charge is 0.496 e. The molecule has 318 valence electrons. The van der Waals surface area contributed by atoms with Crippen LogP contribution in [-0.4, -0.2) is 83.6 Å². The molecule has 0 bridgehead atoms. The van der Waals surface area contributed by atoms with E-state index in [1.165, 1.54) is 11.3 Å². The van der Waals surface area contributed by atoms with Gasteiger partial charge in [0.2, 0.25) is 27.7 Å². The maximum atomic E-state index is 14.9. The zero-order valence-electron chi connectivity index (χ0n) is 34.6. The third-order valence-electron chi connectivity index (χ3n) is 13.3. The quantitative estimate of drug-likeness (QED) is 0.156. The van der Waals surface area contributed by atoms with Crippen molar-refractivity contribution in [1.82, 2.24) is 24.9 Å². The number of hydrogen-bond donors (Lipinski definition) is 3. The third kappa shape index (κ3) is 7.94. The van der Waals surface area contributed by atoms with Gasteiger partial charge in [0, 0.05) is 22.9 Å². The number of carbonyl (C=O) groups is 3. The molecule has 3 N–H and O–H groups in total. The Hall–Kier alpha value is -4.76. The molecule has 5 aliphatic rings. The summed E-state index contributed by atoms with van der Waals surface area (Å²) in [6.07, 6.45) is 6.20. The number of hydrogen-bond acceptors (Lipinski definition) is 11. The molecule has 4 heterocycles. The van der Waals surface area contributed by atoms with E-state index in [0.29, 0.717) is 43.2 Å². The summed E-state index contributed by atoms with van der Waals surface area (Å²) < 4.78 is 41.0. The molecular weight excluding hydrogens is 801 g/mol. The highest BCUT2D eigenvalue weighted by Crippen LogP contribution is 2.61. The molecule has 3 amide bonds. The van der Waals surface area contributed by atoms with E-state index in [2.05, 4.69) is 29.2 Å². The molecule has 13 nitrogen and oxygen atoms in total. The number of aryl methyl sites for hydroxylation is 1. The van der Waals surface area contributed by atoms with E-state index < -0.39 is 50.8 Å². The number of para-hydroxylation sites is 1. The Balaban J connectivity index is 1.07. The van der Waals surface area contributed by atoms with E-state index in [9.17, 15) is 22.8 Å². The average Bonchev–Trinajstić information content (AvgIpc) is 4.19. The standard InChI is InChI=1S/C45H54N6O7S2/c1-25(2)37-24-59-42(48-37)36-21-32-26(3)39(57-4)18-17-31(32)41(47-36)58-29-20-38-40(52)49-45(44(54)50-60(55,56)30-15-16-30)22-34(45)33-19-27(33)11-7-5-10-14-35(43(53)51(38)23-29)46-28-12-8-6-9-13-28/h6,8-9,12-13,17-18,21,24-25,27,29-30,33-35,38,46H,5,7,10-11,14-16,19-20,22-23H2,1-4H3,(H,49,52)(H,50,54)/t27?,29-,33?,34+,35+,38+,45-/m1/s1. The highest BCUT2D eigenvalue weighted by atomic mass is 32.2. The number of nitrogens with one attached hydrogen (secondary N) is 3. The Morgan fingerprint density at radius 1 is 1.00 bits per heavy atom. The summed E-state index contributed by atoms with van der Waals surface area (Å²) in [5, 5.41) is 10.4. The van der Waals surface area contributed by atoms with Crippen LogP contribution in [0.5, 0.6) is 11.6 Å². The Kier molecular flexibility index (Phi) is 10.8. The number of benzene rings is 2. The third-order valence-corrected chi connectivity index (χ3v) is 16.0. The molecule has 3 aliphatic carbocycles. The van der Waals surface area contributed by atoms with Gasteiger partial charge in [-0.2, -0.15) is 0 Å². The van der Waals surface area contributed by atoms with Gasteiger partial charge in [-0.15, -0.1) is 11.3 Å². The Labute approximate surface area is 355 Å². The number of fused-ring (bicyclic) bond motifs is 5. The molecule has 15 heteroatoms. The number of aromatic nitrogens is 2. The van der Waals surface area contributed by atoms with Gasteiger partial charge in [0.25, 0.3) is 5.91 Å². The van der Waals surface area contributed by atoms with Crippen molar-refractivity contribution in [3.8, 4) is 22.3 Å². The second kappa shape index (κ2) is 15.9. The fourth-order valence-corrected chi connectivity index (χ4v) is 11.8. The fourth-order valence-electron chi connectivity index (χ4n) is 9.51. The lowest BCUT2D eigenvalue weighted by atomic mass is 10.0. The molecule has 0 spiro atoms. The number of pyridine rings is 1. The number of nitrogens with zero attached hydrogens (tertiary/aromatic N) is 3. The van der Waals surface area contributed by atoms with Crippen molar-refractivity contribution in [3.05, 3.63) is 65.2 Å². The first-order chi connectivity index (χ1) is 28.8. The van der Waals surface area contributed by atoms with Gasteiger partial charge in [0.1, 0.15) is 40.2 Å². The molecule has 7 atom stereocenters. The van der Waals surface area contributed by atoms with Gasteiger partial charge in [0.15, 0.2) is 0 Å². The maximum Gasteiger partial charge on any atom is 0.259 e. The van der Waals surface area contributed by atoms with E-state index >= 15 is 0 Å². The van der Waals surface area contributed by atoms with Crippen LogP contribution in [0.4, 0.5) is 5.69 Å². The average molecular weight is 855 g/mol. The number of methoxy groups -OCH3 is 1. The fraction of sp³-hybridized carbons (Fsp3) is 0.533. The van der Waals surface area contributed by atoms with Gasteiger partial charge in [-0.25, -0.2) is 18.4 Å². The number of sulfonamides is 1. The predicted octanol–water partition coefficient (Wildman–Crippen LogP) is 6.71. The van der Waals surface area contributed by atoms with Crippen LogP contribution in [-0.2, 0) is 24.4 Å². The molecule has 2 aliphatic heterocycles. The molecule has 5 fully saturated rings. The zero-order chi connectivity index (χ0) is 41.9. The summed E-state index contributed by atoms with van der Waals surface area (Å²) >= 11 is 1.51. The Morgan fingerprint density at radius 2 is 1.78 bits per heavy atom. The number of ether oxygens (including phenoxy) is 2. The summed E-state index contributed by atoms with van der Waals surface area (Å²) in [7, 11) is -2.22. The predicted molar refractivity (Wildman–Crippen MR) is 230 cm³/mol. The Bertz CT molecular complexity index is 2420. The van der Waals surface area contributed by atoms with Gasteiger partial charge >= 0.3 is 0 Å². The second-order valence-electron chi connectivity index (χ2n) is 17.8. The molecule has 9 rings (SSSR count). The molecule has 0 radical (unpaired) electrons. The lowest BCUT2D eigenvalue weighted by molar-refractivity contribution is -0.140. The first-order valence-corrected chi connectivity index (χ1v) is 23.9. The second-order valence-corrected chi connectivity index (χ2v) is 20.6. The minimum atomic E-state index is -3.86. The van der Waals surface area contributed by atoms with Crippen molar-refractivity contribution in [1.29, 1.82) is 0 Å². The number of amides is 3. The zero-order valence-corrected chi connectivity index (χ0v) is 36.2. The first kappa shape index (κ1) is 40.6. The molecule has 2 aromatic carbocycles. The van der Waals surface area contributed by atoms with Crippen LogP contribution in [0.3, 0.4) is 0 Å². The van der Waals surface area contributed by atoms with E-state index in [4.69, 9.17) is 19.4 Å². The summed E-state index contributed by atoms with van der Waals surface area (Å²) in [6.45, 7) is 6.29. The van der Waals surface area contributed by atoms with Gasteiger partial charge in [0.05, 0.1) is 24.6 Å². The number of carbonyl (C=O) groups excluding carboxylic acids is 3. The van der Waals surface area contributed by atoms with Crippen LogP contribution in [0, 0.1) is 24.7 Å². The summed E-state index contributed by atoms with van der Waals surface area (Å²) in [6, 6.07) is 13.8. The van der Waals surface area contributed by atoms with Crippen LogP contribution < -0.4 is 24.8 Å². The van der Waals surface area contributed by atoms with Crippen molar-refractivity contribution in [2.45, 2.75) is 120 Å². The normalized spacial score (nSPS) is 28.1. The van der Waals surface area contributed by atoms with E-state index in [0.717, 1.165) is 70.6 Å². The minimum absolute atomic E-state index is 0.102. The van der Waals surface area contributed by atoms with E-state index in [-0.39, 0.29) is 36.6 Å². The van der Waals surface area contributed by atoms with Crippen LogP contribution >= 0.6 is 11.3 Å². The monoisotopic (exact) mass is 854 g/mol. The van der Waals surface area contributed by atoms with Crippen LogP contribution in [0.25, 0.3) is 21.5 Å². The minimum Gasteiger partial charge on any atom is -0.496 e. The van der Waals surface area contributed by atoms with Crippen LogP contribution in [0.15, 0.2) is 53.9 Å². The molecule has 2 aromatic heterocycles. The topological polar surface area (TPSA) is 169 Å². The van der Waals surface area contributed by atoms with Crippen molar-refractivity contribution < 1.29 is 32.3 Å². The maximum absolute atomic E-state index is 14.9. The first-order valence-electron chi connectivity index (χ1n) is 21.5. The van der Waals surface area contributed by atoms with Gasteiger partial charge in [-0.1, -0.05) is 57.7 Å². The summed E-state index contributed by atoms with van der Waals surface area (Å²) in [4.78, 5) is 55.3. The Morgan fingerprint density at radius 3 is 2.52 bits per heavy atom. The van der Waals surface area contributed by atoms with E-state index in [1.807, 2.05) is 60.8 Å². The molecule has 4 aromatic rings. The SMILES string of the molecule is COc1ccc2c(O[C@@H]3C[C@H]4C(=O)N[C@]5(C(=O)NS(=O)(=O)C6CC6)C[C@H]5C5CC5CCCCC[C@H](Nc5ccccc5)C(=O)N4C3)nc(-c3nc(C(C)C)cs3)cc2c1C. The van der Waals surface area contributed by atoms with Crippen molar-refractivity contribution in [2.75, 3.05) is 19.0 Å². The van der Waals surface area contributed by atoms with Crippen molar-refractivity contribution in [3.63, 3.8) is 0 Å². The van der Waals surface area contributed by atoms with E-state index in [1.54, 1.807) is 12.0 Å². The molecule has 3 saturated carbocycles. The molecule has 2 unspecified atom stereocenters. The molecule has 60 heavy (non-hydrogen) atoms. The highest BCUT2D eigenvalue weighted by Gasteiger charge is 2.69. The lowest BCUT2D eigenvalue weighted by Gasteiger charge is -2.30. The summed E-state index contributed by atoms with van der Waals surface area (Å²) in [5.74, 6) is 0.417.